The molecule has 5 nitrogen and oxygen atoms in total. The van der Waals surface area contributed by atoms with Gasteiger partial charge in [-0.05, 0) is 37.1 Å². The Morgan fingerprint density at radius 2 is 1.54 bits per heavy atom. The average molecular weight is 354 g/mol. The van der Waals surface area contributed by atoms with E-state index in [1.165, 1.54) is 18.5 Å². The highest BCUT2D eigenvalue weighted by Gasteiger charge is 2.15. The van der Waals surface area contributed by atoms with Crippen molar-refractivity contribution < 1.29 is 13.6 Å². The normalized spacial score (nSPS) is 10.5. The van der Waals surface area contributed by atoms with E-state index in [-0.39, 0.29) is 5.69 Å². The van der Waals surface area contributed by atoms with Gasteiger partial charge in [0.15, 0.2) is 0 Å². The summed E-state index contributed by atoms with van der Waals surface area (Å²) in [5.74, 6) is -2.06. The number of halogens is 2. The molecule has 0 atom stereocenters. The lowest BCUT2D eigenvalue weighted by Crippen LogP contribution is -2.16. The molecule has 1 aromatic heterocycles. The highest BCUT2D eigenvalue weighted by atomic mass is 19.1. The summed E-state index contributed by atoms with van der Waals surface area (Å²) >= 11 is 0. The molecule has 0 aliphatic carbocycles. The topological polar surface area (TPSA) is 66.9 Å². The minimum atomic E-state index is -0.860. The summed E-state index contributed by atoms with van der Waals surface area (Å²) in [7, 11) is 0. The number of hydrogen-bond donors (Lipinski definition) is 2. The number of carbonyl (C=O) groups excluding carboxylic acids is 1. The van der Waals surface area contributed by atoms with Crippen LogP contribution in [0.5, 0.6) is 0 Å². The number of anilines is 3. The SMILES string of the molecule is Cc1cccc(C)c1Nc1cc(C(=O)Nc2c(F)cccc2F)ncn1. The third-order valence-corrected chi connectivity index (χ3v) is 3.84. The highest BCUT2D eigenvalue weighted by molar-refractivity contribution is 6.03. The van der Waals surface area contributed by atoms with Gasteiger partial charge in [-0.2, -0.15) is 0 Å². The summed E-state index contributed by atoms with van der Waals surface area (Å²) < 4.78 is 27.4. The number of carbonyl (C=O) groups is 1. The zero-order chi connectivity index (χ0) is 18.7. The molecule has 1 amide bonds. The van der Waals surface area contributed by atoms with E-state index in [1.54, 1.807) is 0 Å². The standard InChI is InChI=1S/C19H16F2N4O/c1-11-5-3-6-12(2)17(11)24-16-9-15(22-10-23-16)19(26)25-18-13(20)7-4-8-14(18)21/h3-10H,1-2H3,(H,25,26)(H,22,23,24). The second kappa shape index (κ2) is 7.26. The van der Waals surface area contributed by atoms with E-state index in [2.05, 4.69) is 20.6 Å². The predicted molar refractivity (Wildman–Crippen MR) is 95.5 cm³/mol. The first kappa shape index (κ1) is 17.5. The number of aryl methyl sites for hydroxylation is 2. The third kappa shape index (κ3) is 3.66. The monoisotopic (exact) mass is 354 g/mol. The summed E-state index contributed by atoms with van der Waals surface area (Å²) in [5, 5.41) is 5.34. The first-order chi connectivity index (χ1) is 12.5. The van der Waals surface area contributed by atoms with E-state index in [1.807, 2.05) is 32.0 Å². The van der Waals surface area contributed by atoms with Crippen LogP contribution in [0, 0.1) is 25.5 Å². The molecule has 0 unspecified atom stereocenters. The second-order valence-electron chi connectivity index (χ2n) is 5.73. The number of hydrogen-bond acceptors (Lipinski definition) is 4. The summed E-state index contributed by atoms with van der Waals surface area (Å²) in [6.07, 6.45) is 1.21. The lowest BCUT2D eigenvalue weighted by Gasteiger charge is -2.12. The molecule has 3 rings (SSSR count). The molecular weight excluding hydrogens is 338 g/mol. The largest absolute Gasteiger partial charge is 0.340 e. The zero-order valence-electron chi connectivity index (χ0n) is 14.2. The Morgan fingerprint density at radius 1 is 0.923 bits per heavy atom. The van der Waals surface area contributed by atoms with Gasteiger partial charge in [-0.15, -0.1) is 0 Å². The van der Waals surface area contributed by atoms with Crippen molar-refractivity contribution in [1.82, 2.24) is 9.97 Å². The number of rotatable bonds is 4. The van der Waals surface area contributed by atoms with Gasteiger partial charge in [0.2, 0.25) is 0 Å². The van der Waals surface area contributed by atoms with Crippen LogP contribution in [0.25, 0.3) is 0 Å². The smallest absolute Gasteiger partial charge is 0.274 e. The van der Waals surface area contributed by atoms with Gasteiger partial charge in [0.1, 0.15) is 35.2 Å². The lowest BCUT2D eigenvalue weighted by atomic mass is 10.1. The van der Waals surface area contributed by atoms with E-state index in [4.69, 9.17) is 0 Å². The van der Waals surface area contributed by atoms with Crippen LogP contribution in [0.1, 0.15) is 21.6 Å². The van der Waals surface area contributed by atoms with Crippen molar-refractivity contribution in [3.8, 4) is 0 Å². The Balaban J connectivity index is 1.84. The molecule has 0 aliphatic rings. The summed E-state index contributed by atoms with van der Waals surface area (Å²) in [4.78, 5) is 20.3. The molecule has 7 heteroatoms. The predicted octanol–water partition coefficient (Wildman–Crippen LogP) is 4.37. The number of nitrogens with one attached hydrogen (secondary N) is 2. The molecule has 0 aliphatic heterocycles. The molecule has 26 heavy (non-hydrogen) atoms. The molecule has 1 heterocycles. The van der Waals surface area contributed by atoms with Crippen LogP contribution >= 0.6 is 0 Å². The Bertz CT molecular complexity index is 935. The summed E-state index contributed by atoms with van der Waals surface area (Å²) in [6, 6.07) is 10.6. The van der Waals surface area contributed by atoms with Crippen LogP contribution in [0.4, 0.5) is 26.0 Å². The van der Waals surface area contributed by atoms with Gasteiger partial charge in [-0.1, -0.05) is 24.3 Å². The molecule has 2 aromatic carbocycles. The zero-order valence-corrected chi connectivity index (χ0v) is 14.2. The fourth-order valence-electron chi connectivity index (χ4n) is 2.48. The molecular formula is C19H16F2N4O. The second-order valence-corrected chi connectivity index (χ2v) is 5.73. The Labute approximate surface area is 149 Å². The van der Waals surface area contributed by atoms with Crippen molar-refractivity contribution in [2.45, 2.75) is 13.8 Å². The molecule has 0 saturated carbocycles. The Kier molecular flexibility index (Phi) is 4.88. The molecule has 0 radical (unpaired) electrons. The number of para-hydroxylation sites is 2. The minimum absolute atomic E-state index is 0.0172. The maximum atomic E-state index is 13.7. The fourth-order valence-corrected chi connectivity index (χ4v) is 2.48. The van der Waals surface area contributed by atoms with Gasteiger partial charge in [-0.25, -0.2) is 18.7 Å². The van der Waals surface area contributed by atoms with Crippen molar-refractivity contribution in [2.24, 2.45) is 0 Å². The number of nitrogens with zero attached hydrogens (tertiary/aromatic N) is 2. The number of amides is 1. The molecule has 0 spiro atoms. The van der Waals surface area contributed by atoms with Crippen LogP contribution < -0.4 is 10.6 Å². The molecule has 3 aromatic rings. The van der Waals surface area contributed by atoms with Gasteiger partial charge < -0.3 is 10.6 Å². The van der Waals surface area contributed by atoms with Crippen LogP contribution in [-0.2, 0) is 0 Å². The van der Waals surface area contributed by atoms with E-state index >= 15 is 0 Å². The molecule has 2 N–H and O–H groups in total. The van der Waals surface area contributed by atoms with E-state index in [9.17, 15) is 13.6 Å². The maximum Gasteiger partial charge on any atom is 0.274 e. The first-order valence-corrected chi connectivity index (χ1v) is 7.86. The van der Waals surface area contributed by atoms with Gasteiger partial charge in [-0.3, -0.25) is 4.79 Å². The van der Waals surface area contributed by atoms with Crippen molar-refractivity contribution in [3.05, 3.63) is 77.2 Å². The van der Waals surface area contributed by atoms with Crippen LogP contribution in [0.2, 0.25) is 0 Å². The molecule has 0 saturated heterocycles. The van der Waals surface area contributed by atoms with E-state index in [0.717, 1.165) is 28.9 Å². The van der Waals surface area contributed by atoms with Crippen molar-refractivity contribution >= 4 is 23.1 Å². The van der Waals surface area contributed by atoms with E-state index in [0.29, 0.717) is 5.82 Å². The third-order valence-electron chi connectivity index (χ3n) is 3.84. The summed E-state index contributed by atoms with van der Waals surface area (Å²) in [5.41, 5.74) is 2.38. The molecule has 132 valence electrons. The minimum Gasteiger partial charge on any atom is -0.340 e. The Morgan fingerprint density at radius 3 is 2.19 bits per heavy atom. The van der Waals surface area contributed by atoms with Crippen LogP contribution in [-0.4, -0.2) is 15.9 Å². The maximum absolute atomic E-state index is 13.7. The van der Waals surface area contributed by atoms with Gasteiger partial charge >= 0.3 is 0 Å². The average Bonchev–Trinajstić information content (AvgIpc) is 2.62. The number of aromatic nitrogens is 2. The van der Waals surface area contributed by atoms with Gasteiger partial charge in [0.05, 0.1) is 0 Å². The van der Waals surface area contributed by atoms with Gasteiger partial charge in [0.25, 0.3) is 5.91 Å². The molecule has 0 bridgehead atoms. The van der Waals surface area contributed by atoms with Crippen molar-refractivity contribution in [3.63, 3.8) is 0 Å². The Hall–Kier alpha value is -3.35. The quantitative estimate of drug-likeness (QED) is 0.730. The lowest BCUT2D eigenvalue weighted by molar-refractivity contribution is 0.102. The van der Waals surface area contributed by atoms with Crippen LogP contribution in [0.15, 0.2) is 48.8 Å². The summed E-state index contributed by atoms with van der Waals surface area (Å²) in [6.45, 7) is 3.90. The van der Waals surface area contributed by atoms with Crippen molar-refractivity contribution in [1.29, 1.82) is 0 Å². The van der Waals surface area contributed by atoms with E-state index < -0.39 is 23.2 Å². The number of benzene rings is 2. The van der Waals surface area contributed by atoms with Crippen molar-refractivity contribution in [2.75, 3.05) is 10.6 Å². The molecule has 0 fully saturated rings. The van der Waals surface area contributed by atoms with Crippen LogP contribution in [0.3, 0.4) is 0 Å². The fraction of sp³-hybridized carbons (Fsp3) is 0.105. The highest BCUT2D eigenvalue weighted by Crippen LogP contribution is 2.24. The van der Waals surface area contributed by atoms with Gasteiger partial charge in [0, 0.05) is 11.8 Å². The first-order valence-electron chi connectivity index (χ1n) is 7.86.